The van der Waals surface area contributed by atoms with E-state index in [1.807, 2.05) is 19.1 Å². The maximum absolute atomic E-state index is 10.1. The number of hydrogen-bond donors (Lipinski definition) is 1. The topological polar surface area (TPSA) is 54.2 Å². The van der Waals surface area contributed by atoms with E-state index in [9.17, 15) is 5.11 Å². The molecule has 3 rings (SSSR count). The van der Waals surface area contributed by atoms with E-state index in [0.29, 0.717) is 5.75 Å². The monoisotopic (exact) mass is 322 g/mol. The zero-order valence-electron chi connectivity index (χ0n) is 10.7. The molecule has 0 unspecified atom stereocenters. The standard InChI is InChI=1S/C13H15BrN4O/c1-9-4-11(14)5-10(13(9)19)6-17-2-3-18-8-15-16-12(18)7-17/h4-5,8,19H,2-3,6-7H2,1H3. The van der Waals surface area contributed by atoms with Gasteiger partial charge in [0.1, 0.15) is 17.9 Å². The molecule has 2 heterocycles. The van der Waals surface area contributed by atoms with Crippen LogP contribution in [0.1, 0.15) is 17.0 Å². The Hall–Kier alpha value is -1.40. The van der Waals surface area contributed by atoms with Gasteiger partial charge in [-0.05, 0) is 24.6 Å². The SMILES string of the molecule is Cc1cc(Br)cc(CN2CCn3cnnc3C2)c1O. The lowest BCUT2D eigenvalue weighted by atomic mass is 10.1. The van der Waals surface area contributed by atoms with Gasteiger partial charge >= 0.3 is 0 Å². The molecule has 0 amide bonds. The van der Waals surface area contributed by atoms with Crippen LogP contribution in [-0.4, -0.2) is 31.3 Å². The molecule has 6 heteroatoms. The Bertz CT molecular complexity index is 611. The molecule has 0 fully saturated rings. The minimum absolute atomic E-state index is 0.384. The summed E-state index contributed by atoms with van der Waals surface area (Å²) in [5.74, 6) is 1.37. The lowest BCUT2D eigenvalue weighted by Crippen LogP contribution is -2.33. The number of fused-ring (bicyclic) bond motifs is 1. The second kappa shape index (κ2) is 4.94. The van der Waals surface area contributed by atoms with Crippen LogP contribution in [0.15, 0.2) is 22.9 Å². The molecule has 0 saturated heterocycles. The highest BCUT2D eigenvalue weighted by Gasteiger charge is 2.19. The highest BCUT2D eigenvalue weighted by molar-refractivity contribution is 9.10. The third kappa shape index (κ3) is 2.50. The molecule has 0 aliphatic carbocycles. The van der Waals surface area contributed by atoms with Crippen molar-refractivity contribution in [2.45, 2.75) is 26.6 Å². The quantitative estimate of drug-likeness (QED) is 0.919. The average molecular weight is 323 g/mol. The molecule has 2 aromatic rings. The van der Waals surface area contributed by atoms with Gasteiger partial charge in [0.15, 0.2) is 0 Å². The number of phenols is 1. The molecule has 1 N–H and O–H groups in total. The fourth-order valence-electron chi connectivity index (χ4n) is 2.42. The molecule has 1 aromatic heterocycles. The summed E-state index contributed by atoms with van der Waals surface area (Å²) in [7, 11) is 0. The predicted molar refractivity (Wildman–Crippen MR) is 74.7 cm³/mol. The number of phenolic OH excluding ortho intramolecular Hbond substituents is 1. The third-order valence-electron chi connectivity index (χ3n) is 3.46. The van der Waals surface area contributed by atoms with Crippen molar-refractivity contribution in [3.05, 3.63) is 39.9 Å². The minimum atomic E-state index is 0.384. The second-order valence-electron chi connectivity index (χ2n) is 4.88. The lowest BCUT2D eigenvalue weighted by Gasteiger charge is -2.27. The van der Waals surface area contributed by atoms with E-state index in [2.05, 4.69) is 35.6 Å². The number of aromatic hydroxyl groups is 1. The number of aromatic nitrogens is 3. The Morgan fingerprint density at radius 2 is 2.21 bits per heavy atom. The summed E-state index contributed by atoms with van der Waals surface area (Å²) >= 11 is 3.48. The van der Waals surface area contributed by atoms with Crippen molar-refractivity contribution in [2.24, 2.45) is 0 Å². The van der Waals surface area contributed by atoms with Gasteiger partial charge in [0.2, 0.25) is 0 Å². The summed E-state index contributed by atoms with van der Waals surface area (Å²) in [6.07, 6.45) is 1.77. The molecule has 0 bridgehead atoms. The fourth-order valence-corrected chi connectivity index (χ4v) is 3.04. The first-order chi connectivity index (χ1) is 9.13. The van der Waals surface area contributed by atoms with Gasteiger partial charge < -0.3 is 9.67 Å². The van der Waals surface area contributed by atoms with Crippen molar-refractivity contribution in [3.8, 4) is 5.75 Å². The molecule has 19 heavy (non-hydrogen) atoms. The Kier molecular flexibility index (Phi) is 3.28. The Morgan fingerprint density at radius 3 is 3.05 bits per heavy atom. The van der Waals surface area contributed by atoms with Crippen molar-refractivity contribution in [1.82, 2.24) is 19.7 Å². The van der Waals surface area contributed by atoms with Crippen LogP contribution in [0.25, 0.3) is 0 Å². The van der Waals surface area contributed by atoms with Gasteiger partial charge in [-0.1, -0.05) is 15.9 Å². The van der Waals surface area contributed by atoms with Crippen molar-refractivity contribution in [3.63, 3.8) is 0 Å². The molecule has 0 spiro atoms. The second-order valence-corrected chi connectivity index (χ2v) is 5.80. The normalized spacial score (nSPS) is 15.5. The zero-order chi connectivity index (χ0) is 13.4. The van der Waals surface area contributed by atoms with E-state index in [-0.39, 0.29) is 0 Å². The molecule has 0 radical (unpaired) electrons. The maximum Gasteiger partial charge on any atom is 0.147 e. The van der Waals surface area contributed by atoms with Gasteiger partial charge in [0.05, 0.1) is 6.54 Å². The van der Waals surface area contributed by atoms with Crippen LogP contribution in [0.5, 0.6) is 5.75 Å². The number of benzene rings is 1. The zero-order valence-corrected chi connectivity index (χ0v) is 12.3. The molecule has 0 saturated carbocycles. The van der Waals surface area contributed by atoms with Gasteiger partial charge in [0, 0.05) is 29.7 Å². The van der Waals surface area contributed by atoms with Gasteiger partial charge in [-0.15, -0.1) is 10.2 Å². The first kappa shape index (κ1) is 12.6. The number of rotatable bonds is 2. The van der Waals surface area contributed by atoms with Gasteiger partial charge in [0.25, 0.3) is 0 Å². The fraction of sp³-hybridized carbons (Fsp3) is 0.385. The van der Waals surface area contributed by atoms with Crippen LogP contribution < -0.4 is 0 Å². The molecule has 100 valence electrons. The largest absolute Gasteiger partial charge is 0.507 e. The maximum atomic E-state index is 10.1. The van der Waals surface area contributed by atoms with E-state index in [1.54, 1.807) is 6.33 Å². The van der Waals surface area contributed by atoms with Crippen molar-refractivity contribution < 1.29 is 5.11 Å². The molecule has 1 aromatic carbocycles. The number of aryl methyl sites for hydroxylation is 1. The number of halogens is 1. The summed E-state index contributed by atoms with van der Waals surface area (Å²) in [5.41, 5.74) is 1.84. The van der Waals surface area contributed by atoms with Crippen LogP contribution in [0, 0.1) is 6.92 Å². The third-order valence-corrected chi connectivity index (χ3v) is 3.91. The molecular formula is C13H15BrN4O. The Labute approximate surface area is 120 Å². The molecular weight excluding hydrogens is 308 g/mol. The lowest BCUT2D eigenvalue weighted by molar-refractivity contribution is 0.206. The van der Waals surface area contributed by atoms with Crippen molar-refractivity contribution >= 4 is 15.9 Å². The number of hydrogen-bond acceptors (Lipinski definition) is 4. The minimum Gasteiger partial charge on any atom is -0.507 e. The average Bonchev–Trinajstić information content (AvgIpc) is 2.82. The smallest absolute Gasteiger partial charge is 0.147 e. The highest BCUT2D eigenvalue weighted by atomic mass is 79.9. The van der Waals surface area contributed by atoms with Gasteiger partial charge in [-0.3, -0.25) is 4.90 Å². The van der Waals surface area contributed by atoms with E-state index in [1.165, 1.54) is 0 Å². The Balaban J connectivity index is 1.80. The first-order valence-corrected chi connectivity index (χ1v) is 7.00. The van der Waals surface area contributed by atoms with E-state index < -0.39 is 0 Å². The molecule has 0 atom stereocenters. The summed E-state index contributed by atoms with van der Waals surface area (Å²) < 4.78 is 3.07. The van der Waals surface area contributed by atoms with Crippen LogP contribution in [0.3, 0.4) is 0 Å². The first-order valence-electron chi connectivity index (χ1n) is 6.20. The van der Waals surface area contributed by atoms with Crippen LogP contribution in [-0.2, 0) is 19.6 Å². The van der Waals surface area contributed by atoms with Crippen molar-refractivity contribution in [2.75, 3.05) is 6.54 Å². The van der Waals surface area contributed by atoms with Crippen LogP contribution in [0.4, 0.5) is 0 Å². The summed E-state index contributed by atoms with van der Waals surface area (Å²) in [4.78, 5) is 2.27. The van der Waals surface area contributed by atoms with Crippen molar-refractivity contribution in [1.29, 1.82) is 0 Å². The van der Waals surface area contributed by atoms with E-state index in [4.69, 9.17) is 0 Å². The molecule has 5 nitrogen and oxygen atoms in total. The summed E-state index contributed by atoms with van der Waals surface area (Å²) in [6.45, 7) is 5.24. The van der Waals surface area contributed by atoms with E-state index >= 15 is 0 Å². The molecule has 1 aliphatic heterocycles. The van der Waals surface area contributed by atoms with Crippen LogP contribution >= 0.6 is 15.9 Å². The summed E-state index contributed by atoms with van der Waals surface area (Å²) in [6, 6.07) is 3.90. The molecule has 1 aliphatic rings. The number of nitrogens with zero attached hydrogens (tertiary/aromatic N) is 4. The van der Waals surface area contributed by atoms with Gasteiger partial charge in [-0.2, -0.15) is 0 Å². The highest BCUT2D eigenvalue weighted by Crippen LogP contribution is 2.28. The van der Waals surface area contributed by atoms with Crippen LogP contribution in [0.2, 0.25) is 0 Å². The summed E-state index contributed by atoms with van der Waals surface area (Å²) in [5, 5.41) is 18.2. The Morgan fingerprint density at radius 1 is 1.37 bits per heavy atom. The predicted octanol–water partition coefficient (Wildman–Crippen LogP) is 2.07. The van der Waals surface area contributed by atoms with Gasteiger partial charge in [-0.25, -0.2) is 0 Å². The van der Waals surface area contributed by atoms with E-state index in [0.717, 1.165) is 47.6 Å².